The van der Waals surface area contributed by atoms with E-state index in [9.17, 15) is 13.2 Å². The molecule has 1 aliphatic carbocycles. The molecule has 8 heteroatoms. The van der Waals surface area contributed by atoms with E-state index < -0.39 is 16.0 Å². The van der Waals surface area contributed by atoms with Crippen LogP contribution >= 0.6 is 0 Å². The molecule has 7 nitrogen and oxygen atoms in total. The maximum atomic E-state index is 12.1. The second-order valence-corrected chi connectivity index (χ2v) is 6.91. The Kier molecular flexibility index (Phi) is 4.44. The number of hydrogen-bond acceptors (Lipinski definition) is 4. The first-order chi connectivity index (χ1) is 9.40. The summed E-state index contributed by atoms with van der Waals surface area (Å²) in [4.78, 5) is 10.8. The molecule has 0 saturated heterocycles. The summed E-state index contributed by atoms with van der Waals surface area (Å²) in [5.74, 6) is -0.826. The standard InChI is InChI=1S/C12H19N3O4S/c1-15-11(6-7-13-15)20(18,19)14-8-9-2-4-10(5-3-9)12(16)17/h6-7,9-10,14H,2-5,8H2,1H3,(H,16,17). The van der Waals surface area contributed by atoms with E-state index in [-0.39, 0.29) is 16.9 Å². The van der Waals surface area contributed by atoms with Gasteiger partial charge in [0, 0.05) is 13.6 Å². The molecule has 20 heavy (non-hydrogen) atoms. The van der Waals surface area contributed by atoms with E-state index >= 15 is 0 Å². The first-order valence-corrected chi connectivity index (χ1v) is 8.09. The van der Waals surface area contributed by atoms with Crippen LogP contribution in [0.5, 0.6) is 0 Å². The number of carboxylic acids is 1. The third-order valence-corrected chi connectivity index (χ3v) is 5.31. The van der Waals surface area contributed by atoms with Crippen LogP contribution in [0.2, 0.25) is 0 Å². The number of carboxylic acid groups (broad SMARTS) is 1. The molecule has 0 amide bonds. The molecular weight excluding hydrogens is 282 g/mol. The first kappa shape index (κ1) is 15.0. The van der Waals surface area contributed by atoms with Crippen LogP contribution in [-0.2, 0) is 21.9 Å². The van der Waals surface area contributed by atoms with E-state index in [2.05, 4.69) is 9.82 Å². The zero-order valence-corrected chi connectivity index (χ0v) is 12.1. The number of sulfonamides is 1. The summed E-state index contributed by atoms with van der Waals surface area (Å²) in [5.41, 5.74) is 0. The second-order valence-electron chi connectivity index (χ2n) is 5.20. The fourth-order valence-corrected chi connectivity index (χ4v) is 3.78. The monoisotopic (exact) mass is 301 g/mol. The number of nitrogens with zero attached hydrogens (tertiary/aromatic N) is 2. The van der Waals surface area contributed by atoms with Gasteiger partial charge in [0.15, 0.2) is 5.03 Å². The highest BCUT2D eigenvalue weighted by Crippen LogP contribution is 2.28. The molecule has 112 valence electrons. The second kappa shape index (κ2) is 5.92. The Bertz CT molecular complexity index is 573. The van der Waals surface area contributed by atoms with E-state index in [1.165, 1.54) is 16.9 Å². The Morgan fingerprint density at radius 1 is 1.45 bits per heavy atom. The lowest BCUT2D eigenvalue weighted by Gasteiger charge is -2.26. The van der Waals surface area contributed by atoms with Crippen LogP contribution in [0, 0.1) is 11.8 Å². The molecule has 1 aliphatic rings. The van der Waals surface area contributed by atoms with Crippen LogP contribution < -0.4 is 4.72 Å². The minimum Gasteiger partial charge on any atom is -0.481 e. The highest BCUT2D eigenvalue weighted by Gasteiger charge is 2.27. The van der Waals surface area contributed by atoms with Gasteiger partial charge in [0.05, 0.1) is 12.1 Å². The molecule has 0 aromatic carbocycles. The van der Waals surface area contributed by atoms with E-state index in [1.807, 2.05) is 0 Å². The molecule has 1 fully saturated rings. The van der Waals surface area contributed by atoms with Crippen LogP contribution in [0.3, 0.4) is 0 Å². The minimum atomic E-state index is -3.54. The van der Waals surface area contributed by atoms with Gasteiger partial charge in [-0.25, -0.2) is 13.1 Å². The van der Waals surface area contributed by atoms with E-state index in [0.717, 1.165) is 12.8 Å². The van der Waals surface area contributed by atoms with Gasteiger partial charge in [-0.05, 0) is 37.7 Å². The molecular formula is C12H19N3O4S. The predicted molar refractivity (Wildman–Crippen MR) is 71.5 cm³/mol. The van der Waals surface area contributed by atoms with Crippen molar-refractivity contribution in [3.8, 4) is 0 Å². The van der Waals surface area contributed by atoms with E-state index in [4.69, 9.17) is 5.11 Å². The number of rotatable bonds is 5. The fourth-order valence-electron chi connectivity index (χ4n) is 2.54. The number of aromatic nitrogens is 2. The van der Waals surface area contributed by atoms with Gasteiger partial charge in [-0.3, -0.25) is 9.48 Å². The predicted octanol–water partition coefficient (Wildman–Crippen LogP) is 0.589. The average Bonchev–Trinajstić information content (AvgIpc) is 2.84. The molecule has 2 rings (SSSR count). The molecule has 2 N–H and O–H groups in total. The molecule has 0 atom stereocenters. The van der Waals surface area contributed by atoms with E-state index in [1.54, 1.807) is 7.05 Å². The van der Waals surface area contributed by atoms with Gasteiger partial charge >= 0.3 is 5.97 Å². The van der Waals surface area contributed by atoms with Gasteiger partial charge in [-0.2, -0.15) is 5.10 Å². The molecule has 0 radical (unpaired) electrons. The Morgan fingerprint density at radius 2 is 2.10 bits per heavy atom. The van der Waals surface area contributed by atoms with Crippen LogP contribution in [0.1, 0.15) is 25.7 Å². The molecule has 0 bridgehead atoms. The third-order valence-electron chi connectivity index (χ3n) is 3.81. The molecule has 1 heterocycles. The maximum absolute atomic E-state index is 12.1. The van der Waals surface area contributed by atoms with Crippen LogP contribution in [-0.4, -0.2) is 35.8 Å². The zero-order valence-electron chi connectivity index (χ0n) is 11.3. The van der Waals surface area contributed by atoms with Gasteiger partial charge in [0.2, 0.25) is 0 Å². The lowest BCUT2D eigenvalue weighted by Crippen LogP contribution is -2.33. The average molecular weight is 301 g/mol. The zero-order chi connectivity index (χ0) is 14.8. The normalized spacial score (nSPS) is 23.6. The highest BCUT2D eigenvalue weighted by molar-refractivity contribution is 7.89. The van der Waals surface area contributed by atoms with Crippen molar-refractivity contribution in [2.45, 2.75) is 30.7 Å². The third kappa shape index (κ3) is 3.37. The number of aryl methyl sites for hydroxylation is 1. The first-order valence-electron chi connectivity index (χ1n) is 6.60. The van der Waals surface area contributed by atoms with Gasteiger partial charge in [0.1, 0.15) is 0 Å². The Balaban J connectivity index is 1.88. The molecule has 1 aromatic rings. The van der Waals surface area contributed by atoms with Crippen molar-refractivity contribution in [3.05, 3.63) is 12.3 Å². The van der Waals surface area contributed by atoms with Gasteiger partial charge in [-0.1, -0.05) is 0 Å². The smallest absolute Gasteiger partial charge is 0.306 e. The fraction of sp³-hybridized carbons (Fsp3) is 0.667. The van der Waals surface area contributed by atoms with Crippen molar-refractivity contribution >= 4 is 16.0 Å². The summed E-state index contributed by atoms with van der Waals surface area (Å²) in [6.45, 7) is 0.347. The van der Waals surface area contributed by atoms with Crippen molar-refractivity contribution in [1.82, 2.24) is 14.5 Å². The minimum absolute atomic E-state index is 0.136. The summed E-state index contributed by atoms with van der Waals surface area (Å²) >= 11 is 0. The lowest BCUT2D eigenvalue weighted by atomic mass is 9.82. The molecule has 1 saturated carbocycles. The van der Waals surface area contributed by atoms with Crippen molar-refractivity contribution in [2.24, 2.45) is 18.9 Å². The quantitative estimate of drug-likeness (QED) is 0.829. The molecule has 0 spiro atoms. The van der Waals surface area contributed by atoms with Gasteiger partial charge in [-0.15, -0.1) is 0 Å². The van der Waals surface area contributed by atoms with Crippen LogP contribution in [0.4, 0.5) is 0 Å². The van der Waals surface area contributed by atoms with Crippen LogP contribution in [0.15, 0.2) is 17.3 Å². The lowest BCUT2D eigenvalue weighted by molar-refractivity contribution is -0.143. The number of carbonyl (C=O) groups is 1. The summed E-state index contributed by atoms with van der Waals surface area (Å²) in [5, 5.41) is 12.9. The van der Waals surface area contributed by atoms with E-state index in [0.29, 0.717) is 19.4 Å². The summed E-state index contributed by atoms with van der Waals surface area (Å²) in [7, 11) is -1.97. The number of nitrogens with one attached hydrogen (secondary N) is 1. The Hall–Kier alpha value is -1.41. The maximum Gasteiger partial charge on any atom is 0.306 e. The summed E-state index contributed by atoms with van der Waals surface area (Å²) in [6.07, 6.45) is 4.16. The van der Waals surface area contributed by atoms with Crippen molar-refractivity contribution in [1.29, 1.82) is 0 Å². The summed E-state index contributed by atoms with van der Waals surface area (Å²) < 4.78 is 28.0. The van der Waals surface area contributed by atoms with Crippen molar-refractivity contribution < 1.29 is 18.3 Å². The largest absolute Gasteiger partial charge is 0.481 e. The van der Waals surface area contributed by atoms with Gasteiger partial charge in [0.25, 0.3) is 10.0 Å². The number of hydrogen-bond donors (Lipinski definition) is 2. The summed E-state index contributed by atoms with van der Waals surface area (Å²) in [6, 6.07) is 1.45. The molecule has 0 unspecified atom stereocenters. The Morgan fingerprint density at radius 3 is 2.60 bits per heavy atom. The number of aliphatic carboxylic acids is 1. The van der Waals surface area contributed by atoms with Crippen molar-refractivity contribution in [3.63, 3.8) is 0 Å². The highest BCUT2D eigenvalue weighted by atomic mass is 32.2. The topological polar surface area (TPSA) is 101 Å². The van der Waals surface area contributed by atoms with Crippen molar-refractivity contribution in [2.75, 3.05) is 6.54 Å². The molecule has 0 aliphatic heterocycles. The Labute approximate surface area is 118 Å². The molecule has 1 aromatic heterocycles. The van der Waals surface area contributed by atoms with Gasteiger partial charge < -0.3 is 5.11 Å². The SMILES string of the molecule is Cn1nccc1S(=O)(=O)NCC1CCC(C(=O)O)CC1. The van der Waals surface area contributed by atoms with Crippen LogP contribution in [0.25, 0.3) is 0 Å².